The van der Waals surface area contributed by atoms with E-state index in [0.29, 0.717) is 13.1 Å². The summed E-state index contributed by atoms with van der Waals surface area (Å²) in [6, 6.07) is 21.1. The zero-order valence-electron chi connectivity index (χ0n) is 13.7. The fourth-order valence-electron chi connectivity index (χ4n) is 2.65. The molecule has 0 spiro atoms. The number of fused-ring (bicyclic) bond motifs is 1. The van der Waals surface area contributed by atoms with Gasteiger partial charge in [0.25, 0.3) is 0 Å². The predicted octanol–water partition coefficient (Wildman–Crippen LogP) is 4.18. The number of benzene rings is 2. The van der Waals surface area contributed by atoms with Crippen LogP contribution in [0.2, 0.25) is 0 Å². The van der Waals surface area contributed by atoms with E-state index < -0.39 is 0 Å². The lowest BCUT2D eigenvalue weighted by Gasteiger charge is -2.22. The van der Waals surface area contributed by atoms with E-state index in [1.54, 1.807) is 11.1 Å². The number of nitriles is 1. The van der Waals surface area contributed by atoms with Crippen molar-refractivity contribution >= 4 is 22.5 Å². The lowest BCUT2D eigenvalue weighted by Crippen LogP contribution is -2.35. The van der Waals surface area contributed by atoms with Gasteiger partial charge in [0, 0.05) is 18.1 Å². The molecule has 5 nitrogen and oxygen atoms in total. The second-order valence-corrected chi connectivity index (χ2v) is 5.61. The van der Waals surface area contributed by atoms with Gasteiger partial charge in [-0.2, -0.15) is 5.26 Å². The number of hydrogen-bond acceptors (Lipinski definition) is 3. The van der Waals surface area contributed by atoms with Gasteiger partial charge < -0.3 is 10.2 Å². The molecule has 0 aliphatic heterocycles. The Morgan fingerprint density at radius 3 is 2.68 bits per heavy atom. The van der Waals surface area contributed by atoms with Crippen molar-refractivity contribution in [3.05, 3.63) is 72.6 Å². The molecule has 1 N–H and O–H groups in total. The first-order valence-electron chi connectivity index (χ1n) is 8.08. The highest BCUT2D eigenvalue weighted by Crippen LogP contribution is 2.23. The molecule has 1 aromatic heterocycles. The number of nitrogens with one attached hydrogen (secondary N) is 1. The Bertz CT molecular complexity index is 897. The van der Waals surface area contributed by atoms with E-state index in [-0.39, 0.29) is 12.5 Å². The van der Waals surface area contributed by atoms with Crippen LogP contribution in [0.25, 0.3) is 10.8 Å². The maximum Gasteiger partial charge on any atom is 0.322 e. The zero-order valence-corrected chi connectivity index (χ0v) is 13.7. The molecule has 0 atom stereocenters. The van der Waals surface area contributed by atoms with Crippen LogP contribution in [-0.4, -0.2) is 22.5 Å². The average Bonchev–Trinajstić information content (AvgIpc) is 2.66. The van der Waals surface area contributed by atoms with Gasteiger partial charge in [-0.1, -0.05) is 42.5 Å². The van der Waals surface area contributed by atoms with E-state index in [1.165, 1.54) is 0 Å². The summed E-state index contributed by atoms with van der Waals surface area (Å²) in [6.45, 7) is 0.711. The van der Waals surface area contributed by atoms with Crippen LogP contribution < -0.4 is 5.32 Å². The van der Waals surface area contributed by atoms with Crippen molar-refractivity contribution in [3.8, 4) is 6.07 Å². The van der Waals surface area contributed by atoms with Gasteiger partial charge in [-0.05, 0) is 23.6 Å². The van der Waals surface area contributed by atoms with Crippen molar-refractivity contribution in [2.75, 3.05) is 11.9 Å². The van der Waals surface area contributed by atoms with Gasteiger partial charge in [0.05, 0.1) is 30.4 Å². The number of rotatable bonds is 5. The smallest absolute Gasteiger partial charge is 0.318 e. The Morgan fingerprint density at radius 2 is 1.88 bits per heavy atom. The predicted molar refractivity (Wildman–Crippen MR) is 97.8 cm³/mol. The summed E-state index contributed by atoms with van der Waals surface area (Å²) in [7, 11) is 0. The van der Waals surface area contributed by atoms with Crippen LogP contribution in [0.3, 0.4) is 0 Å². The summed E-state index contributed by atoms with van der Waals surface area (Å²) in [6.07, 6.45) is 1.97. The van der Waals surface area contributed by atoms with Gasteiger partial charge in [0.15, 0.2) is 0 Å². The third-order valence-electron chi connectivity index (χ3n) is 3.89. The molecule has 3 rings (SSSR count). The van der Waals surface area contributed by atoms with Gasteiger partial charge >= 0.3 is 6.03 Å². The molecule has 5 heteroatoms. The minimum atomic E-state index is -0.239. The van der Waals surface area contributed by atoms with E-state index in [2.05, 4.69) is 16.4 Å². The highest BCUT2D eigenvalue weighted by molar-refractivity contribution is 6.01. The van der Waals surface area contributed by atoms with Crippen molar-refractivity contribution in [2.45, 2.75) is 13.0 Å². The van der Waals surface area contributed by atoms with Crippen LogP contribution in [0.1, 0.15) is 12.1 Å². The van der Waals surface area contributed by atoms with E-state index in [9.17, 15) is 4.79 Å². The minimum absolute atomic E-state index is 0.239. The molecule has 3 aromatic rings. The lowest BCUT2D eigenvalue weighted by atomic mass is 10.1. The fourth-order valence-corrected chi connectivity index (χ4v) is 2.65. The number of carbonyl (C=O) groups excluding carboxylic acids is 1. The molecule has 0 aliphatic rings. The standard InChI is InChI=1S/C20H18N4O/c21-12-6-14-24(15-17-9-3-4-13-22-17)20(25)23-19-11-5-8-16-7-1-2-10-18(16)19/h1-5,7-11,13H,6,14-15H2,(H,23,25). The van der Waals surface area contributed by atoms with Crippen LogP contribution >= 0.6 is 0 Å². The Labute approximate surface area is 146 Å². The number of amides is 2. The molecule has 0 saturated heterocycles. The first kappa shape index (κ1) is 16.5. The van der Waals surface area contributed by atoms with Crippen LogP contribution in [0.5, 0.6) is 0 Å². The molecule has 0 radical (unpaired) electrons. The SMILES string of the molecule is N#CCCN(Cc1ccccn1)C(=O)Nc1cccc2ccccc12. The fraction of sp³-hybridized carbons (Fsp3) is 0.150. The molecule has 0 aliphatic carbocycles. The first-order valence-corrected chi connectivity index (χ1v) is 8.08. The number of hydrogen-bond donors (Lipinski definition) is 1. The summed E-state index contributed by atoms with van der Waals surface area (Å²) >= 11 is 0. The van der Waals surface area contributed by atoms with Gasteiger partial charge in [-0.3, -0.25) is 4.98 Å². The third kappa shape index (κ3) is 4.12. The maximum absolute atomic E-state index is 12.7. The summed E-state index contributed by atoms with van der Waals surface area (Å²) in [5.41, 5.74) is 1.54. The van der Waals surface area contributed by atoms with E-state index >= 15 is 0 Å². The summed E-state index contributed by atoms with van der Waals surface area (Å²) in [5, 5.41) is 13.9. The number of anilines is 1. The quantitative estimate of drug-likeness (QED) is 0.763. The highest BCUT2D eigenvalue weighted by atomic mass is 16.2. The third-order valence-corrected chi connectivity index (χ3v) is 3.89. The molecule has 0 saturated carbocycles. The normalized spacial score (nSPS) is 10.2. The van der Waals surface area contributed by atoms with Gasteiger partial charge in [0.2, 0.25) is 0 Å². The molecule has 0 bridgehead atoms. The number of pyridine rings is 1. The second-order valence-electron chi connectivity index (χ2n) is 5.61. The topological polar surface area (TPSA) is 69.0 Å². The Kier molecular flexibility index (Phi) is 5.22. The molecule has 2 aromatic carbocycles. The van der Waals surface area contributed by atoms with Crippen LogP contribution in [0, 0.1) is 11.3 Å². The van der Waals surface area contributed by atoms with Gasteiger partial charge in [-0.25, -0.2) is 4.79 Å². The Balaban J connectivity index is 1.80. The van der Waals surface area contributed by atoms with E-state index in [1.807, 2.05) is 60.7 Å². The maximum atomic E-state index is 12.7. The van der Waals surface area contributed by atoms with Gasteiger partial charge in [0.1, 0.15) is 0 Å². The molecule has 2 amide bonds. The Morgan fingerprint density at radius 1 is 1.08 bits per heavy atom. The van der Waals surface area contributed by atoms with Crippen LogP contribution in [0.4, 0.5) is 10.5 Å². The summed E-state index contributed by atoms with van der Waals surface area (Å²) < 4.78 is 0. The number of aromatic nitrogens is 1. The van der Waals surface area contributed by atoms with Crippen molar-refractivity contribution < 1.29 is 4.79 Å². The molecule has 1 heterocycles. The zero-order chi connectivity index (χ0) is 17.5. The largest absolute Gasteiger partial charge is 0.322 e. The molecular formula is C20H18N4O. The van der Waals surface area contributed by atoms with Crippen molar-refractivity contribution in [2.24, 2.45) is 0 Å². The van der Waals surface area contributed by atoms with Crippen LogP contribution in [-0.2, 0) is 6.54 Å². The van der Waals surface area contributed by atoms with Gasteiger partial charge in [-0.15, -0.1) is 0 Å². The Hall–Kier alpha value is -3.39. The first-order chi connectivity index (χ1) is 12.3. The van der Waals surface area contributed by atoms with Crippen molar-refractivity contribution in [3.63, 3.8) is 0 Å². The van der Waals surface area contributed by atoms with E-state index in [0.717, 1.165) is 22.2 Å². The van der Waals surface area contributed by atoms with Crippen LogP contribution in [0.15, 0.2) is 66.9 Å². The molecule has 0 fully saturated rings. The molecular weight excluding hydrogens is 312 g/mol. The summed E-state index contributed by atoms with van der Waals surface area (Å²) in [4.78, 5) is 18.6. The minimum Gasteiger partial charge on any atom is -0.318 e. The monoisotopic (exact) mass is 330 g/mol. The number of urea groups is 1. The summed E-state index contributed by atoms with van der Waals surface area (Å²) in [5.74, 6) is 0. The lowest BCUT2D eigenvalue weighted by molar-refractivity contribution is 0.209. The van der Waals surface area contributed by atoms with Crippen molar-refractivity contribution in [1.82, 2.24) is 9.88 Å². The molecule has 124 valence electrons. The molecule has 0 unspecified atom stereocenters. The van der Waals surface area contributed by atoms with Crippen molar-refractivity contribution in [1.29, 1.82) is 5.26 Å². The number of nitrogens with zero attached hydrogens (tertiary/aromatic N) is 3. The van der Waals surface area contributed by atoms with E-state index in [4.69, 9.17) is 5.26 Å². The average molecular weight is 330 g/mol. The highest BCUT2D eigenvalue weighted by Gasteiger charge is 2.15. The molecule has 25 heavy (non-hydrogen) atoms. The number of carbonyl (C=O) groups is 1. The second kappa shape index (κ2) is 7.93.